The number of allylic oxidation sites excluding steroid dienone is 2. The molecule has 4 aliphatic carbocycles. The quantitative estimate of drug-likeness (QED) is 0.694. The zero-order valence-electron chi connectivity index (χ0n) is 15.9. The summed E-state index contributed by atoms with van der Waals surface area (Å²) in [4.78, 5) is 12.5. The first kappa shape index (κ1) is 16.8. The van der Waals surface area contributed by atoms with E-state index < -0.39 is 5.60 Å². The van der Waals surface area contributed by atoms with Crippen LogP contribution in [-0.4, -0.2) is 16.5 Å². The van der Waals surface area contributed by atoms with Crippen LogP contribution in [0.3, 0.4) is 0 Å². The number of ketones is 1. The molecule has 3 saturated carbocycles. The third kappa shape index (κ3) is 2.21. The van der Waals surface area contributed by atoms with Crippen molar-refractivity contribution in [2.24, 2.45) is 34.5 Å². The van der Waals surface area contributed by atoms with E-state index >= 15 is 0 Å². The van der Waals surface area contributed by atoms with Gasteiger partial charge >= 0.3 is 0 Å². The molecule has 3 fully saturated rings. The molecule has 2 heteroatoms. The fourth-order valence-corrected chi connectivity index (χ4v) is 7.03. The van der Waals surface area contributed by atoms with Gasteiger partial charge in [0.1, 0.15) is 5.78 Å². The Balaban J connectivity index is 1.63. The van der Waals surface area contributed by atoms with Crippen LogP contribution in [0.1, 0.15) is 79.1 Å². The number of hydrogen-bond donors (Lipinski definition) is 1. The largest absolute Gasteiger partial charge is 0.390 e. The summed E-state index contributed by atoms with van der Waals surface area (Å²) in [6.45, 7) is 8.71. The summed E-state index contributed by atoms with van der Waals surface area (Å²) >= 11 is 0. The van der Waals surface area contributed by atoms with Crippen molar-refractivity contribution in [2.45, 2.75) is 84.7 Å². The molecular weight excluding hydrogens is 296 g/mol. The molecule has 4 aliphatic rings. The van der Waals surface area contributed by atoms with Crippen LogP contribution in [0, 0.1) is 34.5 Å². The molecule has 0 unspecified atom stereocenters. The summed E-state index contributed by atoms with van der Waals surface area (Å²) in [7, 11) is 0. The van der Waals surface area contributed by atoms with E-state index in [4.69, 9.17) is 0 Å². The van der Waals surface area contributed by atoms with E-state index in [1.54, 1.807) is 5.57 Å². The van der Waals surface area contributed by atoms with Crippen LogP contribution in [0.5, 0.6) is 0 Å². The highest BCUT2D eigenvalue weighted by Crippen LogP contribution is 2.64. The Morgan fingerprint density at radius 2 is 1.75 bits per heavy atom. The van der Waals surface area contributed by atoms with Crippen molar-refractivity contribution in [3.05, 3.63) is 11.6 Å². The predicted octanol–water partition coefficient (Wildman–Crippen LogP) is 4.91. The van der Waals surface area contributed by atoms with E-state index in [0.717, 1.165) is 38.0 Å². The number of hydrogen-bond acceptors (Lipinski definition) is 2. The molecule has 24 heavy (non-hydrogen) atoms. The van der Waals surface area contributed by atoms with E-state index in [-0.39, 0.29) is 5.41 Å². The average molecular weight is 331 g/mol. The minimum absolute atomic E-state index is 0.0207. The highest BCUT2D eigenvalue weighted by Gasteiger charge is 2.58. The average Bonchev–Trinajstić information content (AvgIpc) is 2.81. The van der Waals surface area contributed by atoms with Gasteiger partial charge in [0.15, 0.2) is 0 Å². The second kappa shape index (κ2) is 5.19. The number of carbonyl (C=O) groups excluding carboxylic acids is 1. The lowest BCUT2D eigenvalue weighted by Crippen LogP contribution is -2.51. The highest BCUT2D eigenvalue weighted by atomic mass is 16.3. The highest BCUT2D eigenvalue weighted by molar-refractivity contribution is 5.87. The van der Waals surface area contributed by atoms with E-state index in [0.29, 0.717) is 29.0 Å². The maximum atomic E-state index is 12.5. The smallest absolute Gasteiger partial charge is 0.139 e. The number of aliphatic hydroxyl groups is 1. The van der Waals surface area contributed by atoms with E-state index in [1.807, 2.05) is 13.8 Å². The number of Topliss-reactive ketones (excluding diaryl/α,β-unsaturated/α-hetero) is 1. The van der Waals surface area contributed by atoms with Crippen LogP contribution in [0.15, 0.2) is 11.6 Å². The first-order valence-electron chi connectivity index (χ1n) is 10.1. The normalized spacial score (nSPS) is 48.4. The second-order valence-electron chi connectivity index (χ2n) is 10.3. The van der Waals surface area contributed by atoms with Crippen LogP contribution in [0.4, 0.5) is 0 Å². The fourth-order valence-electron chi connectivity index (χ4n) is 7.03. The van der Waals surface area contributed by atoms with Crippen LogP contribution >= 0.6 is 0 Å². The molecule has 0 aromatic carbocycles. The van der Waals surface area contributed by atoms with Gasteiger partial charge in [-0.1, -0.05) is 25.5 Å². The molecule has 0 saturated heterocycles. The summed E-state index contributed by atoms with van der Waals surface area (Å²) in [5, 5.41) is 10.5. The van der Waals surface area contributed by atoms with E-state index in [9.17, 15) is 9.90 Å². The van der Waals surface area contributed by atoms with Crippen LogP contribution in [0.25, 0.3) is 0 Å². The monoisotopic (exact) mass is 330 g/mol. The first-order chi connectivity index (χ1) is 11.2. The van der Waals surface area contributed by atoms with Gasteiger partial charge in [-0.15, -0.1) is 0 Å². The zero-order valence-corrected chi connectivity index (χ0v) is 15.9. The lowest BCUT2D eigenvalue weighted by Gasteiger charge is -2.57. The third-order valence-electron chi connectivity index (χ3n) is 8.81. The van der Waals surface area contributed by atoms with Crippen LogP contribution < -0.4 is 0 Å². The summed E-state index contributed by atoms with van der Waals surface area (Å²) in [5.41, 5.74) is 1.35. The number of fused-ring (bicyclic) bond motifs is 5. The minimum Gasteiger partial charge on any atom is -0.390 e. The van der Waals surface area contributed by atoms with Crippen LogP contribution in [0.2, 0.25) is 0 Å². The van der Waals surface area contributed by atoms with Gasteiger partial charge in [-0.3, -0.25) is 4.79 Å². The SMILES string of the molecule is CC(C)(O)[C@H]1CC[C@@]2(C)C(=CC[C@@H]3[C@@H]2CC[C@]2(C)C(=O)CC[C@@H]32)C1. The molecule has 1 N–H and O–H groups in total. The lowest BCUT2D eigenvalue weighted by atomic mass is 9.47. The lowest BCUT2D eigenvalue weighted by molar-refractivity contribution is -0.132. The Hall–Kier alpha value is -0.630. The Kier molecular flexibility index (Phi) is 3.64. The van der Waals surface area contributed by atoms with Crippen molar-refractivity contribution >= 4 is 5.78 Å². The molecule has 6 atom stereocenters. The van der Waals surface area contributed by atoms with Crippen molar-refractivity contribution in [1.29, 1.82) is 0 Å². The van der Waals surface area contributed by atoms with Gasteiger partial charge in [0, 0.05) is 11.8 Å². The van der Waals surface area contributed by atoms with Gasteiger partial charge in [-0.05, 0) is 87.9 Å². The molecule has 0 radical (unpaired) electrons. The predicted molar refractivity (Wildman–Crippen MR) is 96.5 cm³/mol. The zero-order chi connectivity index (χ0) is 17.3. The Bertz CT molecular complexity index is 583. The molecule has 2 nitrogen and oxygen atoms in total. The summed E-state index contributed by atoms with van der Waals surface area (Å²) in [6.07, 6.45) is 11.4. The summed E-state index contributed by atoms with van der Waals surface area (Å²) < 4.78 is 0. The Labute approximate surface area is 147 Å². The second-order valence-corrected chi connectivity index (χ2v) is 10.3. The fraction of sp³-hybridized carbons (Fsp3) is 0.864. The summed E-state index contributed by atoms with van der Waals surface area (Å²) in [5.74, 6) is 3.02. The maximum Gasteiger partial charge on any atom is 0.139 e. The van der Waals surface area contributed by atoms with Gasteiger partial charge in [0.25, 0.3) is 0 Å². The Morgan fingerprint density at radius 1 is 1.08 bits per heavy atom. The minimum atomic E-state index is -0.567. The third-order valence-corrected chi connectivity index (χ3v) is 8.81. The van der Waals surface area contributed by atoms with Crippen molar-refractivity contribution in [3.63, 3.8) is 0 Å². The van der Waals surface area contributed by atoms with Gasteiger partial charge in [-0.2, -0.15) is 0 Å². The topological polar surface area (TPSA) is 37.3 Å². The Morgan fingerprint density at radius 3 is 2.46 bits per heavy atom. The van der Waals surface area contributed by atoms with Crippen molar-refractivity contribution < 1.29 is 9.90 Å². The van der Waals surface area contributed by atoms with Crippen molar-refractivity contribution in [2.75, 3.05) is 0 Å². The molecule has 0 aromatic heterocycles. The van der Waals surface area contributed by atoms with E-state index in [2.05, 4.69) is 19.9 Å². The number of carbonyl (C=O) groups is 1. The van der Waals surface area contributed by atoms with Gasteiger partial charge in [0.05, 0.1) is 5.60 Å². The molecule has 0 bridgehead atoms. The maximum absolute atomic E-state index is 12.5. The first-order valence-corrected chi connectivity index (χ1v) is 10.1. The molecule has 0 heterocycles. The molecule has 0 amide bonds. The van der Waals surface area contributed by atoms with Gasteiger partial charge < -0.3 is 5.11 Å². The van der Waals surface area contributed by atoms with Gasteiger partial charge in [0.2, 0.25) is 0 Å². The summed E-state index contributed by atoms with van der Waals surface area (Å²) in [6, 6.07) is 0. The van der Waals surface area contributed by atoms with Crippen molar-refractivity contribution in [3.8, 4) is 0 Å². The standard InChI is InChI=1S/C22H34O2/c1-20(2,24)14-9-11-21(3)15(13-14)5-6-16-17-7-8-19(23)22(17,4)12-10-18(16)21/h5,14,16-18,24H,6-13H2,1-4H3/t14-,16-,17-,18-,21-,22-/m0/s1. The molecular formula is C22H34O2. The number of rotatable bonds is 1. The van der Waals surface area contributed by atoms with Gasteiger partial charge in [-0.25, -0.2) is 0 Å². The molecule has 0 aromatic rings. The van der Waals surface area contributed by atoms with Crippen LogP contribution in [-0.2, 0) is 4.79 Å². The molecule has 0 aliphatic heterocycles. The molecule has 134 valence electrons. The molecule has 4 rings (SSSR count). The molecule has 0 spiro atoms. The van der Waals surface area contributed by atoms with E-state index in [1.165, 1.54) is 19.3 Å². The van der Waals surface area contributed by atoms with Crippen molar-refractivity contribution in [1.82, 2.24) is 0 Å².